The molecule has 6 N–H and O–H groups in total. The van der Waals surface area contributed by atoms with Crippen molar-refractivity contribution in [3.8, 4) is 0 Å². The van der Waals surface area contributed by atoms with Crippen LogP contribution in [0, 0.1) is 11.3 Å². The SMILES string of the molecule is CO/C(=C/C[C@H](O)[C@@H](C)/C=C(C)/C=C\C=C/C(=O)N[C@H](C(=O)N/C=C\C[C@H](C/C=C(\C)Cl)OC(N)=O)C(C)(C)C)CO. The third-order valence-corrected chi connectivity index (χ3v) is 6.11. The summed E-state index contributed by atoms with van der Waals surface area (Å²) in [6, 6.07) is -0.828. The lowest BCUT2D eigenvalue weighted by atomic mass is 9.86. The number of hydrogen-bond acceptors (Lipinski definition) is 7. The summed E-state index contributed by atoms with van der Waals surface area (Å²) < 4.78 is 10.0. The molecular formula is C31H48ClN3O7. The number of carbonyl (C=O) groups is 3. The molecular weight excluding hydrogens is 562 g/mol. The van der Waals surface area contributed by atoms with E-state index in [0.717, 1.165) is 5.57 Å². The van der Waals surface area contributed by atoms with Gasteiger partial charge < -0.3 is 36.1 Å². The van der Waals surface area contributed by atoms with Gasteiger partial charge in [0.2, 0.25) is 11.8 Å². The Kier molecular flexibility index (Phi) is 18.9. The van der Waals surface area contributed by atoms with Gasteiger partial charge in [-0.05, 0) is 38.0 Å². The summed E-state index contributed by atoms with van der Waals surface area (Å²) in [5, 5.41) is 25.4. The summed E-state index contributed by atoms with van der Waals surface area (Å²) >= 11 is 5.84. The first-order valence-corrected chi connectivity index (χ1v) is 14.1. The van der Waals surface area contributed by atoms with E-state index < -0.39 is 41.6 Å². The Morgan fingerprint density at radius 2 is 1.69 bits per heavy atom. The van der Waals surface area contributed by atoms with Crippen LogP contribution in [0.3, 0.4) is 0 Å². The first-order valence-electron chi connectivity index (χ1n) is 13.7. The number of nitrogens with one attached hydrogen (secondary N) is 2. The van der Waals surface area contributed by atoms with Crippen molar-refractivity contribution >= 4 is 29.5 Å². The molecule has 0 aromatic rings. The number of hydrogen-bond donors (Lipinski definition) is 5. The number of allylic oxidation sites excluding steroid dienone is 5. The molecule has 0 radical (unpaired) electrons. The minimum Gasteiger partial charge on any atom is -0.499 e. The van der Waals surface area contributed by atoms with Crippen molar-refractivity contribution in [2.75, 3.05) is 13.7 Å². The molecule has 4 atom stereocenters. The van der Waals surface area contributed by atoms with Crippen molar-refractivity contribution < 1.29 is 34.1 Å². The van der Waals surface area contributed by atoms with E-state index >= 15 is 0 Å². The van der Waals surface area contributed by atoms with Crippen LogP contribution in [0.4, 0.5) is 4.79 Å². The fourth-order valence-corrected chi connectivity index (χ4v) is 3.66. The second kappa shape index (κ2) is 20.5. The third-order valence-electron chi connectivity index (χ3n) is 5.96. The van der Waals surface area contributed by atoms with E-state index in [4.69, 9.17) is 31.9 Å². The number of aliphatic hydroxyl groups excluding tert-OH is 2. The lowest BCUT2D eigenvalue weighted by Gasteiger charge is -2.29. The van der Waals surface area contributed by atoms with E-state index in [0.29, 0.717) is 30.1 Å². The van der Waals surface area contributed by atoms with Gasteiger partial charge in [-0.2, -0.15) is 0 Å². The van der Waals surface area contributed by atoms with Crippen LogP contribution in [0.1, 0.15) is 60.8 Å². The molecule has 0 heterocycles. The van der Waals surface area contributed by atoms with Gasteiger partial charge in [-0.25, -0.2) is 4.79 Å². The molecule has 42 heavy (non-hydrogen) atoms. The molecule has 3 amide bonds. The normalized spacial score (nSPS) is 16.4. The van der Waals surface area contributed by atoms with Gasteiger partial charge in [0.25, 0.3) is 0 Å². The second-order valence-electron chi connectivity index (χ2n) is 10.9. The minimum atomic E-state index is -0.902. The summed E-state index contributed by atoms with van der Waals surface area (Å²) in [6.45, 7) is 10.7. The van der Waals surface area contributed by atoms with Gasteiger partial charge in [0.05, 0.1) is 13.2 Å². The summed E-state index contributed by atoms with van der Waals surface area (Å²) in [4.78, 5) is 36.5. The van der Waals surface area contributed by atoms with Crippen LogP contribution in [0.5, 0.6) is 0 Å². The number of nitrogens with two attached hydrogens (primary N) is 1. The third kappa shape index (κ3) is 18.2. The van der Waals surface area contributed by atoms with Crippen LogP contribution in [0.15, 0.2) is 71.2 Å². The smallest absolute Gasteiger partial charge is 0.404 e. The predicted molar refractivity (Wildman–Crippen MR) is 166 cm³/mol. The Morgan fingerprint density at radius 1 is 1.05 bits per heavy atom. The number of rotatable bonds is 17. The van der Waals surface area contributed by atoms with Crippen LogP contribution in [0.2, 0.25) is 0 Å². The molecule has 0 bridgehead atoms. The molecule has 0 aliphatic carbocycles. The minimum absolute atomic E-state index is 0.150. The maximum absolute atomic E-state index is 12.9. The second-order valence-corrected chi connectivity index (χ2v) is 11.5. The van der Waals surface area contributed by atoms with E-state index in [1.165, 1.54) is 19.4 Å². The Morgan fingerprint density at radius 3 is 2.24 bits per heavy atom. The van der Waals surface area contributed by atoms with E-state index in [9.17, 15) is 19.5 Å². The van der Waals surface area contributed by atoms with Crippen LogP contribution in [-0.4, -0.2) is 60.1 Å². The van der Waals surface area contributed by atoms with Crippen molar-refractivity contribution in [2.24, 2.45) is 17.1 Å². The highest BCUT2D eigenvalue weighted by Gasteiger charge is 2.31. The number of aliphatic hydroxyl groups is 2. The van der Waals surface area contributed by atoms with Crippen LogP contribution < -0.4 is 16.4 Å². The summed E-state index contributed by atoms with van der Waals surface area (Å²) in [6.07, 6.45) is 13.6. The van der Waals surface area contributed by atoms with Crippen LogP contribution in [-0.2, 0) is 19.1 Å². The zero-order chi connectivity index (χ0) is 32.3. The number of amides is 3. The monoisotopic (exact) mass is 609 g/mol. The van der Waals surface area contributed by atoms with Gasteiger partial charge in [0.1, 0.15) is 24.5 Å². The molecule has 0 saturated carbocycles. The first-order chi connectivity index (χ1) is 19.6. The first kappa shape index (κ1) is 38.7. The number of ether oxygens (including phenoxy) is 2. The predicted octanol–water partition coefficient (Wildman–Crippen LogP) is 4.50. The van der Waals surface area contributed by atoms with Gasteiger partial charge >= 0.3 is 6.09 Å². The van der Waals surface area contributed by atoms with Crippen molar-refractivity contribution in [2.45, 2.75) is 79.1 Å². The molecule has 10 nitrogen and oxygen atoms in total. The van der Waals surface area contributed by atoms with E-state index in [1.54, 1.807) is 43.4 Å². The summed E-state index contributed by atoms with van der Waals surface area (Å²) in [5.74, 6) is -0.590. The quantitative estimate of drug-likeness (QED) is 0.0921. The van der Waals surface area contributed by atoms with Crippen LogP contribution >= 0.6 is 11.6 Å². The molecule has 0 aromatic carbocycles. The molecule has 236 valence electrons. The van der Waals surface area contributed by atoms with Crippen molar-refractivity contribution in [1.82, 2.24) is 10.6 Å². The van der Waals surface area contributed by atoms with E-state index in [-0.39, 0.29) is 12.5 Å². The van der Waals surface area contributed by atoms with Crippen molar-refractivity contribution in [3.63, 3.8) is 0 Å². The zero-order valence-electron chi connectivity index (χ0n) is 25.7. The zero-order valence-corrected chi connectivity index (χ0v) is 26.5. The fraction of sp³-hybridized carbons (Fsp3) is 0.516. The molecule has 0 rings (SSSR count). The fourth-order valence-electron chi connectivity index (χ4n) is 3.57. The van der Waals surface area contributed by atoms with Crippen LogP contribution in [0.25, 0.3) is 0 Å². The maximum atomic E-state index is 12.9. The average molecular weight is 610 g/mol. The number of methoxy groups -OCH3 is 1. The Balaban J connectivity index is 5.10. The Labute approximate surface area is 255 Å². The molecule has 0 spiro atoms. The molecule has 0 fully saturated rings. The van der Waals surface area contributed by atoms with Crippen molar-refractivity contribution in [3.05, 3.63) is 71.2 Å². The number of primary amides is 1. The topological polar surface area (TPSA) is 160 Å². The lowest BCUT2D eigenvalue weighted by molar-refractivity contribution is -0.129. The highest BCUT2D eigenvalue weighted by atomic mass is 35.5. The highest BCUT2D eigenvalue weighted by Crippen LogP contribution is 2.20. The van der Waals surface area contributed by atoms with Gasteiger partial charge in [0, 0.05) is 29.9 Å². The Hall–Kier alpha value is -3.34. The average Bonchev–Trinajstić information content (AvgIpc) is 2.89. The molecule has 0 unspecified atom stereocenters. The highest BCUT2D eigenvalue weighted by molar-refractivity contribution is 6.29. The molecule has 0 aromatic heterocycles. The van der Waals surface area contributed by atoms with Gasteiger partial charge in [0.15, 0.2) is 0 Å². The standard InChI is InChI=1S/C31H48ClN3O7/c1-21(19-22(2)26(37)17-16-25(20-36)41-7)11-8-9-13-27(38)35-28(31(4,5)6)29(39)34-18-10-12-24(42-30(33)40)15-14-23(3)32/h8-11,13-14,16,18-19,22,24,26,28,36-37H,12,15,17,20H2,1-7H3,(H2,33,40)(H,34,39)(H,35,38)/b11-8-,13-9-,18-10-,21-19+,23-14+,25-16+/t22-,24+,26-,28+/m0/s1. The molecule has 0 aliphatic rings. The molecule has 0 saturated heterocycles. The summed E-state index contributed by atoms with van der Waals surface area (Å²) in [7, 11) is 1.46. The van der Waals surface area contributed by atoms with Crippen molar-refractivity contribution in [1.29, 1.82) is 0 Å². The largest absolute Gasteiger partial charge is 0.499 e. The number of carbonyl (C=O) groups excluding carboxylic acids is 3. The van der Waals surface area contributed by atoms with E-state index in [2.05, 4.69) is 10.6 Å². The molecule has 0 aliphatic heterocycles. The lowest BCUT2D eigenvalue weighted by Crippen LogP contribution is -2.52. The van der Waals surface area contributed by atoms with Gasteiger partial charge in [-0.3, -0.25) is 9.59 Å². The maximum Gasteiger partial charge on any atom is 0.404 e. The summed E-state index contributed by atoms with van der Waals surface area (Å²) in [5.41, 5.74) is 5.43. The Bertz CT molecular complexity index is 1050. The molecule has 11 heteroatoms. The van der Waals surface area contributed by atoms with Gasteiger partial charge in [-0.15, -0.1) is 0 Å². The van der Waals surface area contributed by atoms with Gasteiger partial charge in [-0.1, -0.05) is 81.3 Å². The van der Waals surface area contributed by atoms with E-state index in [1.807, 2.05) is 40.7 Å². The number of halogens is 1.